The maximum absolute atomic E-state index is 12.7. The summed E-state index contributed by atoms with van der Waals surface area (Å²) in [4.78, 5) is 40.2. The van der Waals surface area contributed by atoms with Crippen molar-refractivity contribution in [3.63, 3.8) is 0 Å². The standard InChI is InChI=1S/C24H25N3O7S2/c28-22(29)12-19(16-5-6-20-21(11-16)34-15-33-20)26-23(30)25-7-8-32-24(31)27(13-17-3-1-9-35-17)14-18-4-2-10-36-18/h1-6,9-11,19H,7-8,12-15H2,(H,28,29)(H2,25,26,30)/t19-/m0/s1. The van der Waals surface area contributed by atoms with E-state index in [4.69, 9.17) is 14.2 Å². The minimum atomic E-state index is -1.07. The third-order valence-corrected chi connectivity index (χ3v) is 6.93. The molecule has 1 aliphatic heterocycles. The lowest BCUT2D eigenvalue weighted by Crippen LogP contribution is -2.40. The second-order valence-corrected chi connectivity index (χ2v) is 9.86. The number of carbonyl (C=O) groups excluding carboxylic acids is 2. The van der Waals surface area contributed by atoms with Crippen LogP contribution in [0, 0.1) is 0 Å². The number of carbonyl (C=O) groups is 3. The number of amides is 3. The van der Waals surface area contributed by atoms with E-state index < -0.39 is 24.1 Å². The lowest BCUT2D eigenvalue weighted by molar-refractivity contribution is -0.137. The molecule has 0 bridgehead atoms. The van der Waals surface area contributed by atoms with Crippen LogP contribution < -0.4 is 20.1 Å². The van der Waals surface area contributed by atoms with E-state index in [0.717, 1.165) is 9.75 Å². The van der Waals surface area contributed by atoms with Crippen molar-refractivity contribution in [1.29, 1.82) is 0 Å². The summed E-state index contributed by atoms with van der Waals surface area (Å²) in [6.07, 6.45) is -0.800. The summed E-state index contributed by atoms with van der Waals surface area (Å²) in [6.45, 7) is 0.964. The van der Waals surface area contributed by atoms with Gasteiger partial charge in [-0.2, -0.15) is 0 Å². The summed E-state index contributed by atoms with van der Waals surface area (Å²) in [5.41, 5.74) is 0.570. The summed E-state index contributed by atoms with van der Waals surface area (Å²) in [7, 11) is 0. The van der Waals surface area contributed by atoms with Crippen LogP contribution in [-0.2, 0) is 22.6 Å². The zero-order valence-corrected chi connectivity index (χ0v) is 20.8. The molecule has 4 rings (SSSR count). The molecule has 3 N–H and O–H groups in total. The number of nitrogens with one attached hydrogen (secondary N) is 2. The molecule has 1 atom stereocenters. The Labute approximate surface area is 215 Å². The van der Waals surface area contributed by atoms with Crippen molar-refractivity contribution in [3.05, 3.63) is 68.5 Å². The van der Waals surface area contributed by atoms with Gasteiger partial charge in [-0.1, -0.05) is 18.2 Å². The van der Waals surface area contributed by atoms with Crippen LogP contribution in [0.25, 0.3) is 0 Å². The van der Waals surface area contributed by atoms with Gasteiger partial charge in [0, 0.05) is 9.75 Å². The number of urea groups is 1. The Kier molecular flexibility index (Phi) is 8.63. The first-order valence-electron chi connectivity index (χ1n) is 11.1. The van der Waals surface area contributed by atoms with Gasteiger partial charge in [0.2, 0.25) is 6.79 Å². The Morgan fingerprint density at radius 2 is 1.72 bits per heavy atom. The molecule has 0 spiro atoms. The second-order valence-electron chi connectivity index (χ2n) is 7.79. The van der Waals surface area contributed by atoms with E-state index in [1.807, 2.05) is 35.0 Å². The third kappa shape index (κ3) is 7.12. The normalized spacial score (nSPS) is 12.6. The molecule has 12 heteroatoms. The molecule has 3 heterocycles. The molecule has 0 radical (unpaired) electrons. The summed E-state index contributed by atoms with van der Waals surface area (Å²) < 4.78 is 16.0. The summed E-state index contributed by atoms with van der Waals surface area (Å²) in [5, 5.41) is 18.4. The van der Waals surface area contributed by atoms with Crippen LogP contribution >= 0.6 is 22.7 Å². The van der Waals surface area contributed by atoms with Gasteiger partial charge in [-0.25, -0.2) is 9.59 Å². The Morgan fingerprint density at radius 3 is 2.36 bits per heavy atom. The molecule has 36 heavy (non-hydrogen) atoms. The van der Waals surface area contributed by atoms with Crippen molar-refractivity contribution in [3.8, 4) is 11.5 Å². The van der Waals surface area contributed by atoms with Gasteiger partial charge in [0.15, 0.2) is 11.5 Å². The molecular weight excluding hydrogens is 506 g/mol. The van der Waals surface area contributed by atoms with Gasteiger partial charge in [-0.15, -0.1) is 22.7 Å². The van der Waals surface area contributed by atoms with Crippen LogP contribution in [0.4, 0.5) is 9.59 Å². The summed E-state index contributed by atoms with van der Waals surface area (Å²) in [5.74, 6) is -0.0126. The first kappa shape index (κ1) is 25.3. The summed E-state index contributed by atoms with van der Waals surface area (Å²) >= 11 is 3.12. The van der Waals surface area contributed by atoms with Crippen LogP contribution in [0.2, 0.25) is 0 Å². The van der Waals surface area contributed by atoms with E-state index in [0.29, 0.717) is 30.2 Å². The van der Waals surface area contributed by atoms with Gasteiger partial charge in [-0.05, 0) is 40.6 Å². The Bertz CT molecular complexity index is 1130. The molecule has 0 unspecified atom stereocenters. The monoisotopic (exact) mass is 531 g/mol. The molecular formula is C24H25N3O7S2. The van der Waals surface area contributed by atoms with E-state index in [-0.39, 0.29) is 26.4 Å². The van der Waals surface area contributed by atoms with Gasteiger partial charge in [0.25, 0.3) is 0 Å². The molecule has 1 aliphatic rings. The topological polar surface area (TPSA) is 126 Å². The highest BCUT2D eigenvalue weighted by atomic mass is 32.1. The largest absolute Gasteiger partial charge is 0.481 e. The Balaban J connectivity index is 1.26. The molecule has 3 amide bonds. The minimum absolute atomic E-state index is 0.0365. The minimum Gasteiger partial charge on any atom is -0.481 e. The van der Waals surface area contributed by atoms with Crippen molar-refractivity contribution >= 4 is 40.8 Å². The maximum Gasteiger partial charge on any atom is 0.410 e. The maximum atomic E-state index is 12.7. The van der Waals surface area contributed by atoms with Crippen molar-refractivity contribution in [2.45, 2.75) is 25.6 Å². The first-order chi connectivity index (χ1) is 17.5. The average Bonchev–Trinajstić information content (AvgIpc) is 3.63. The zero-order chi connectivity index (χ0) is 25.3. The lowest BCUT2D eigenvalue weighted by Gasteiger charge is -2.21. The number of nitrogens with zero attached hydrogens (tertiary/aromatic N) is 1. The average molecular weight is 532 g/mol. The van der Waals surface area contributed by atoms with Gasteiger partial charge < -0.3 is 30.0 Å². The van der Waals surface area contributed by atoms with Gasteiger partial charge in [-0.3, -0.25) is 9.69 Å². The number of thiophene rings is 2. The zero-order valence-electron chi connectivity index (χ0n) is 19.2. The number of aliphatic carboxylic acids is 1. The van der Waals surface area contributed by atoms with E-state index in [2.05, 4.69) is 10.6 Å². The van der Waals surface area contributed by atoms with E-state index >= 15 is 0 Å². The Hall–Kier alpha value is -3.77. The number of benzene rings is 1. The highest BCUT2D eigenvalue weighted by Crippen LogP contribution is 2.34. The highest BCUT2D eigenvalue weighted by molar-refractivity contribution is 7.10. The fourth-order valence-corrected chi connectivity index (χ4v) is 4.97. The fourth-order valence-electron chi connectivity index (χ4n) is 3.53. The van der Waals surface area contributed by atoms with E-state index in [1.54, 1.807) is 45.8 Å². The van der Waals surface area contributed by atoms with Crippen LogP contribution in [-0.4, -0.2) is 48.0 Å². The van der Waals surface area contributed by atoms with Gasteiger partial charge in [0.05, 0.1) is 32.1 Å². The number of hydrogen-bond acceptors (Lipinski definition) is 8. The van der Waals surface area contributed by atoms with Gasteiger partial charge in [0.1, 0.15) is 6.61 Å². The number of rotatable bonds is 11. The Morgan fingerprint density at radius 1 is 1.03 bits per heavy atom. The van der Waals surface area contributed by atoms with Crippen molar-refractivity contribution < 1.29 is 33.7 Å². The second kappa shape index (κ2) is 12.3. The smallest absolute Gasteiger partial charge is 0.410 e. The molecule has 1 aromatic carbocycles. The van der Waals surface area contributed by atoms with Crippen molar-refractivity contribution in [1.82, 2.24) is 15.5 Å². The van der Waals surface area contributed by atoms with Crippen LogP contribution in [0.5, 0.6) is 11.5 Å². The highest BCUT2D eigenvalue weighted by Gasteiger charge is 2.22. The van der Waals surface area contributed by atoms with Crippen molar-refractivity contribution in [2.75, 3.05) is 19.9 Å². The van der Waals surface area contributed by atoms with E-state index in [9.17, 15) is 19.5 Å². The molecule has 190 valence electrons. The predicted molar refractivity (Wildman–Crippen MR) is 133 cm³/mol. The molecule has 10 nitrogen and oxygen atoms in total. The first-order valence-corrected chi connectivity index (χ1v) is 12.9. The molecule has 0 saturated carbocycles. The van der Waals surface area contributed by atoms with Crippen molar-refractivity contribution in [2.24, 2.45) is 0 Å². The lowest BCUT2D eigenvalue weighted by atomic mass is 10.0. The van der Waals surface area contributed by atoms with Gasteiger partial charge >= 0.3 is 18.1 Å². The molecule has 3 aromatic rings. The molecule has 2 aromatic heterocycles. The number of carboxylic acids is 1. The predicted octanol–water partition coefficient (Wildman–Crippen LogP) is 4.19. The van der Waals surface area contributed by atoms with Crippen LogP contribution in [0.3, 0.4) is 0 Å². The SMILES string of the molecule is O=C(O)C[C@H](NC(=O)NCCOC(=O)N(Cc1cccs1)Cc1cccs1)c1ccc2c(c1)OCO2. The van der Waals surface area contributed by atoms with Crippen LogP contribution in [0.15, 0.2) is 53.2 Å². The van der Waals surface area contributed by atoms with E-state index in [1.165, 1.54) is 0 Å². The number of carboxylic acid groups (broad SMARTS) is 1. The quantitative estimate of drug-likeness (QED) is 0.317. The number of ether oxygens (including phenoxy) is 3. The molecule has 0 aliphatic carbocycles. The molecule has 0 saturated heterocycles. The van der Waals surface area contributed by atoms with Crippen LogP contribution in [0.1, 0.15) is 27.8 Å². The number of hydrogen-bond donors (Lipinski definition) is 3. The number of fused-ring (bicyclic) bond motifs is 1. The summed E-state index contributed by atoms with van der Waals surface area (Å²) in [6, 6.07) is 11.4. The molecule has 0 fully saturated rings. The fraction of sp³-hybridized carbons (Fsp3) is 0.292. The third-order valence-electron chi connectivity index (χ3n) is 5.21.